The van der Waals surface area contributed by atoms with Crippen LogP contribution < -0.4 is 0 Å². The SMILES string of the molecule is CCn1c(-c2cccc(C)c2)nn(CN2CCC3(CC2)OCCO3)c1=S. The largest absolute Gasteiger partial charge is 0.347 e. The third kappa shape index (κ3) is 3.36. The quantitative estimate of drug-likeness (QED) is 0.769. The summed E-state index contributed by atoms with van der Waals surface area (Å²) < 4.78 is 16.5. The lowest BCUT2D eigenvalue weighted by Crippen LogP contribution is -2.45. The molecule has 0 bridgehead atoms. The Morgan fingerprint density at radius 1 is 1.19 bits per heavy atom. The smallest absolute Gasteiger partial charge is 0.199 e. The number of benzene rings is 1. The molecule has 1 aromatic heterocycles. The maximum atomic E-state index is 5.82. The summed E-state index contributed by atoms with van der Waals surface area (Å²) in [5.41, 5.74) is 2.34. The maximum Gasteiger partial charge on any atom is 0.199 e. The second-order valence-corrected chi connectivity index (χ2v) is 7.45. The van der Waals surface area contributed by atoms with Crippen LogP contribution in [0.1, 0.15) is 25.3 Å². The molecule has 1 aromatic carbocycles. The number of rotatable bonds is 4. The van der Waals surface area contributed by atoms with Crippen LogP contribution in [0.2, 0.25) is 0 Å². The molecule has 0 N–H and O–H groups in total. The van der Waals surface area contributed by atoms with Crippen molar-refractivity contribution in [2.75, 3.05) is 26.3 Å². The second kappa shape index (κ2) is 7.23. The van der Waals surface area contributed by atoms with E-state index < -0.39 is 0 Å². The zero-order chi connectivity index (χ0) is 18.1. The molecule has 1 spiro atoms. The molecule has 0 saturated carbocycles. The van der Waals surface area contributed by atoms with E-state index in [1.54, 1.807) is 0 Å². The van der Waals surface area contributed by atoms with Gasteiger partial charge in [0.25, 0.3) is 0 Å². The second-order valence-electron chi connectivity index (χ2n) is 7.09. The molecule has 2 fully saturated rings. The third-order valence-electron chi connectivity index (χ3n) is 5.28. The standard InChI is InChI=1S/C19H26N4O2S/c1-3-22-17(16-6-4-5-15(2)13-16)20-23(18(22)26)14-21-9-7-19(8-10-21)24-11-12-25-19/h4-6,13H,3,7-12,14H2,1-2H3. The Hall–Kier alpha value is -1.54. The summed E-state index contributed by atoms with van der Waals surface area (Å²) in [4.78, 5) is 2.37. The summed E-state index contributed by atoms with van der Waals surface area (Å²) in [5, 5.41) is 4.85. The van der Waals surface area contributed by atoms with Gasteiger partial charge in [0.1, 0.15) is 0 Å². The zero-order valence-electron chi connectivity index (χ0n) is 15.5. The molecule has 0 aliphatic carbocycles. The van der Waals surface area contributed by atoms with Crippen LogP contribution in [-0.4, -0.2) is 51.3 Å². The molecule has 0 radical (unpaired) electrons. The summed E-state index contributed by atoms with van der Waals surface area (Å²) in [7, 11) is 0. The van der Waals surface area contributed by atoms with Gasteiger partial charge in [0.05, 0.1) is 19.9 Å². The Balaban J connectivity index is 1.53. The first-order chi connectivity index (χ1) is 12.6. The van der Waals surface area contributed by atoms with E-state index in [9.17, 15) is 0 Å². The average Bonchev–Trinajstić information content (AvgIpc) is 3.22. The van der Waals surface area contributed by atoms with Gasteiger partial charge in [-0.1, -0.05) is 23.8 Å². The normalized spacial score (nSPS) is 20.1. The molecule has 3 heterocycles. The lowest BCUT2D eigenvalue weighted by Gasteiger charge is -2.37. The number of nitrogens with zero attached hydrogens (tertiary/aromatic N) is 4. The molecule has 2 aliphatic rings. The lowest BCUT2D eigenvalue weighted by atomic mass is 10.0. The minimum atomic E-state index is -0.340. The van der Waals surface area contributed by atoms with Crippen LogP contribution in [0.3, 0.4) is 0 Å². The Kier molecular flexibility index (Phi) is 4.96. The van der Waals surface area contributed by atoms with Gasteiger partial charge < -0.3 is 14.0 Å². The Morgan fingerprint density at radius 2 is 1.92 bits per heavy atom. The van der Waals surface area contributed by atoms with Crippen molar-refractivity contribution < 1.29 is 9.47 Å². The van der Waals surface area contributed by atoms with E-state index in [-0.39, 0.29) is 5.79 Å². The van der Waals surface area contributed by atoms with Crippen molar-refractivity contribution >= 4 is 12.2 Å². The fourth-order valence-corrected chi connectivity index (χ4v) is 4.14. The van der Waals surface area contributed by atoms with Gasteiger partial charge in [0.2, 0.25) is 0 Å². The highest BCUT2D eigenvalue weighted by molar-refractivity contribution is 7.71. The van der Waals surface area contributed by atoms with Crippen LogP contribution in [0, 0.1) is 11.7 Å². The van der Waals surface area contributed by atoms with Crippen molar-refractivity contribution in [3.05, 3.63) is 34.6 Å². The highest BCUT2D eigenvalue weighted by Gasteiger charge is 2.39. The van der Waals surface area contributed by atoms with Crippen molar-refractivity contribution in [2.45, 2.75) is 45.7 Å². The molecule has 2 aliphatic heterocycles. The maximum absolute atomic E-state index is 5.82. The van der Waals surface area contributed by atoms with Gasteiger partial charge in [-0.05, 0) is 32.1 Å². The molecule has 26 heavy (non-hydrogen) atoms. The summed E-state index contributed by atoms with van der Waals surface area (Å²) in [5.74, 6) is 0.602. The van der Waals surface area contributed by atoms with Gasteiger partial charge >= 0.3 is 0 Å². The van der Waals surface area contributed by atoms with E-state index in [0.717, 1.165) is 48.6 Å². The molecule has 6 nitrogen and oxygen atoms in total. The molecular formula is C19H26N4O2S. The predicted molar refractivity (Wildman–Crippen MR) is 102 cm³/mol. The summed E-state index contributed by atoms with van der Waals surface area (Å²) in [6.07, 6.45) is 1.80. The average molecular weight is 375 g/mol. The van der Waals surface area contributed by atoms with Gasteiger partial charge in [0.15, 0.2) is 16.4 Å². The highest BCUT2D eigenvalue weighted by atomic mass is 32.1. The molecular weight excluding hydrogens is 348 g/mol. The molecule has 7 heteroatoms. The minimum absolute atomic E-state index is 0.340. The van der Waals surface area contributed by atoms with Crippen molar-refractivity contribution in [1.29, 1.82) is 0 Å². The molecule has 4 rings (SSSR count). The summed E-state index contributed by atoms with van der Waals surface area (Å²) in [6.45, 7) is 9.02. The number of hydrogen-bond acceptors (Lipinski definition) is 5. The third-order valence-corrected chi connectivity index (χ3v) is 5.71. The molecule has 0 unspecified atom stereocenters. The zero-order valence-corrected chi connectivity index (χ0v) is 16.3. The van der Waals surface area contributed by atoms with E-state index in [1.165, 1.54) is 5.56 Å². The highest BCUT2D eigenvalue weighted by Crippen LogP contribution is 2.31. The number of aromatic nitrogens is 3. The first-order valence-electron chi connectivity index (χ1n) is 9.35. The monoisotopic (exact) mass is 374 g/mol. The van der Waals surface area contributed by atoms with Crippen molar-refractivity contribution in [2.24, 2.45) is 0 Å². The van der Waals surface area contributed by atoms with Gasteiger partial charge in [-0.2, -0.15) is 5.10 Å². The van der Waals surface area contributed by atoms with Gasteiger partial charge in [-0.15, -0.1) is 0 Å². The first kappa shape index (κ1) is 17.9. The van der Waals surface area contributed by atoms with E-state index in [0.29, 0.717) is 19.9 Å². The van der Waals surface area contributed by atoms with Gasteiger partial charge in [-0.3, -0.25) is 4.90 Å². The van der Waals surface area contributed by atoms with E-state index >= 15 is 0 Å². The van der Waals surface area contributed by atoms with Crippen LogP contribution in [0.4, 0.5) is 0 Å². The topological polar surface area (TPSA) is 44.5 Å². The van der Waals surface area contributed by atoms with Crippen molar-refractivity contribution in [3.63, 3.8) is 0 Å². The van der Waals surface area contributed by atoms with Crippen LogP contribution in [0.15, 0.2) is 24.3 Å². The number of ether oxygens (including phenoxy) is 2. The Morgan fingerprint density at radius 3 is 2.58 bits per heavy atom. The number of piperidine rings is 1. The van der Waals surface area contributed by atoms with Crippen molar-refractivity contribution in [1.82, 2.24) is 19.2 Å². The minimum Gasteiger partial charge on any atom is -0.347 e. The summed E-state index contributed by atoms with van der Waals surface area (Å²) >= 11 is 5.70. The summed E-state index contributed by atoms with van der Waals surface area (Å²) in [6, 6.07) is 8.42. The fourth-order valence-electron chi connectivity index (χ4n) is 3.83. The van der Waals surface area contributed by atoms with E-state index in [4.69, 9.17) is 26.8 Å². The van der Waals surface area contributed by atoms with Crippen LogP contribution in [0.25, 0.3) is 11.4 Å². The number of likely N-dealkylation sites (tertiary alicyclic amines) is 1. The molecule has 0 amide bonds. The van der Waals surface area contributed by atoms with Crippen LogP contribution in [-0.2, 0) is 22.7 Å². The first-order valence-corrected chi connectivity index (χ1v) is 9.76. The molecule has 2 aromatic rings. The predicted octanol–water partition coefficient (Wildman–Crippen LogP) is 3.21. The van der Waals surface area contributed by atoms with E-state index in [1.807, 2.05) is 4.68 Å². The van der Waals surface area contributed by atoms with Gasteiger partial charge in [-0.25, -0.2) is 4.68 Å². The van der Waals surface area contributed by atoms with E-state index in [2.05, 4.69) is 47.6 Å². The Bertz CT molecular complexity index is 828. The van der Waals surface area contributed by atoms with Crippen LogP contribution >= 0.6 is 12.2 Å². The lowest BCUT2D eigenvalue weighted by molar-refractivity contribution is -0.187. The fraction of sp³-hybridized carbons (Fsp3) is 0.579. The molecule has 0 atom stereocenters. The number of hydrogen-bond donors (Lipinski definition) is 0. The number of aryl methyl sites for hydroxylation is 1. The molecule has 2 saturated heterocycles. The van der Waals surface area contributed by atoms with Gasteiger partial charge in [0, 0.05) is 38.0 Å². The van der Waals surface area contributed by atoms with Crippen molar-refractivity contribution in [3.8, 4) is 11.4 Å². The van der Waals surface area contributed by atoms with Crippen LogP contribution in [0.5, 0.6) is 0 Å². The molecule has 140 valence electrons. The Labute approximate surface area is 159 Å².